The van der Waals surface area contributed by atoms with Gasteiger partial charge in [0.15, 0.2) is 0 Å². The maximum Gasteiger partial charge on any atom is 0.340 e. The van der Waals surface area contributed by atoms with Crippen LogP contribution in [0.25, 0.3) is 27.5 Å². The highest BCUT2D eigenvalue weighted by atomic mass is 16.6. The van der Waals surface area contributed by atoms with Crippen LogP contribution in [0.4, 0.5) is 5.69 Å². The van der Waals surface area contributed by atoms with Crippen molar-refractivity contribution >= 4 is 28.7 Å². The summed E-state index contributed by atoms with van der Waals surface area (Å²) in [5.74, 6) is -0.671. The number of fused-ring (bicyclic) bond motifs is 1. The van der Waals surface area contributed by atoms with Crippen LogP contribution in [0.5, 0.6) is 0 Å². The summed E-state index contributed by atoms with van der Waals surface area (Å²) in [5, 5.41) is 14.5. The van der Waals surface area contributed by atoms with E-state index in [-0.39, 0.29) is 34.7 Å². The van der Waals surface area contributed by atoms with Crippen molar-refractivity contribution in [2.24, 2.45) is 5.11 Å². The molecule has 1 aromatic carbocycles. The molecule has 0 aliphatic heterocycles. The Balaban J connectivity index is 2.52. The fourth-order valence-corrected chi connectivity index (χ4v) is 1.81. The van der Waals surface area contributed by atoms with Gasteiger partial charge in [-0.25, -0.2) is 4.79 Å². The molecular weight excluding hydrogens is 292 g/mol. The first-order valence-electron chi connectivity index (χ1n) is 6.17. The number of non-ortho nitro benzene ring substituents is 1. The predicted octanol–water partition coefficient (Wildman–Crippen LogP) is 3.56. The molecule has 0 saturated carbocycles. The smallest absolute Gasteiger partial charge is 0.340 e. The third-order valence-electron chi connectivity index (χ3n) is 2.67. The van der Waals surface area contributed by atoms with Gasteiger partial charge < -0.3 is 9.15 Å². The third-order valence-corrected chi connectivity index (χ3v) is 2.67. The zero-order chi connectivity index (χ0) is 16.1. The minimum absolute atomic E-state index is 0.114. The van der Waals surface area contributed by atoms with Crippen LogP contribution in [0.2, 0.25) is 0 Å². The van der Waals surface area contributed by atoms with Crippen molar-refractivity contribution in [2.45, 2.75) is 6.92 Å². The Labute approximate surface area is 123 Å². The molecule has 0 unspecified atom stereocenters. The highest BCUT2D eigenvalue weighted by Gasteiger charge is 2.16. The Kier molecular flexibility index (Phi) is 4.40. The number of nitro groups is 1. The number of azide groups is 1. The zero-order valence-electron chi connectivity index (χ0n) is 11.4. The molecule has 0 bridgehead atoms. The van der Waals surface area contributed by atoms with E-state index in [1.54, 1.807) is 13.0 Å². The average Bonchev–Trinajstić information content (AvgIpc) is 2.89. The van der Waals surface area contributed by atoms with E-state index in [4.69, 9.17) is 14.7 Å². The molecule has 0 spiro atoms. The first-order valence-corrected chi connectivity index (χ1v) is 6.17. The molecule has 1 aromatic heterocycles. The molecule has 0 fully saturated rings. The lowest BCUT2D eigenvalue weighted by Crippen LogP contribution is -2.05. The summed E-state index contributed by atoms with van der Waals surface area (Å²) < 4.78 is 10.1. The Bertz CT molecular complexity index is 817. The molecule has 1 heterocycles. The monoisotopic (exact) mass is 302 g/mol. The largest absolute Gasteiger partial charge is 0.462 e. The van der Waals surface area contributed by atoms with Crippen LogP contribution in [0.1, 0.15) is 12.7 Å². The lowest BCUT2D eigenvalue weighted by Gasteiger charge is -1.99. The fraction of sp³-hybridized carbons (Fsp3) is 0.154. The van der Waals surface area contributed by atoms with Crippen LogP contribution in [0.3, 0.4) is 0 Å². The average molecular weight is 302 g/mol. The topological polar surface area (TPSA) is 131 Å². The molecule has 2 aromatic rings. The SMILES string of the molecule is CCOC(=O)C(=Cc1cc2c([N+](=O)[O-])cccc2o1)N=[N+]=[N-]. The summed E-state index contributed by atoms with van der Waals surface area (Å²) in [6.45, 7) is 1.72. The molecule has 0 aliphatic rings. The van der Waals surface area contributed by atoms with Gasteiger partial charge >= 0.3 is 5.97 Å². The quantitative estimate of drug-likeness (QED) is 0.158. The maximum absolute atomic E-state index is 11.6. The molecule has 22 heavy (non-hydrogen) atoms. The van der Waals surface area contributed by atoms with Gasteiger partial charge in [0.1, 0.15) is 17.0 Å². The van der Waals surface area contributed by atoms with Gasteiger partial charge in [-0.15, -0.1) is 0 Å². The highest BCUT2D eigenvalue weighted by Crippen LogP contribution is 2.29. The number of esters is 1. The van der Waals surface area contributed by atoms with E-state index in [2.05, 4.69) is 10.0 Å². The molecule has 2 rings (SSSR count). The van der Waals surface area contributed by atoms with Crippen LogP contribution >= 0.6 is 0 Å². The van der Waals surface area contributed by atoms with E-state index in [9.17, 15) is 14.9 Å². The fourth-order valence-electron chi connectivity index (χ4n) is 1.81. The summed E-state index contributed by atoms with van der Waals surface area (Å²) >= 11 is 0. The molecule has 0 saturated heterocycles. The number of hydrogen-bond donors (Lipinski definition) is 0. The van der Waals surface area contributed by atoms with E-state index in [0.717, 1.165) is 0 Å². The van der Waals surface area contributed by atoms with Crippen LogP contribution in [0.15, 0.2) is 39.5 Å². The summed E-state index contributed by atoms with van der Waals surface area (Å²) in [5.41, 5.74) is 8.34. The summed E-state index contributed by atoms with van der Waals surface area (Å²) in [4.78, 5) is 24.6. The van der Waals surface area contributed by atoms with Gasteiger partial charge in [0.25, 0.3) is 5.69 Å². The Hall–Kier alpha value is -3.32. The number of nitrogens with zero attached hydrogens (tertiary/aromatic N) is 4. The van der Waals surface area contributed by atoms with Gasteiger partial charge in [0, 0.05) is 11.0 Å². The molecular formula is C13H10N4O5. The van der Waals surface area contributed by atoms with Crippen molar-refractivity contribution < 1.29 is 18.9 Å². The van der Waals surface area contributed by atoms with E-state index in [0.29, 0.717) is 0 Å². The van der Waals surface area contributed by atoms with Crippen molar-refractivity contribution in [3.63, 3.8) is 0 Å². The molecule has 9 heteroatoms. The summed E-state index contributed by atoms with van der Waals surface area (Å²) in [6, 6.07) is 5.76. The molecule has 0 atom stereocenters. The van der Waals surface area contributed by atoms with Gasteiger partial charge in [0.05, 0.1) is 16.9 Å². The number of furan rings is 1. The molecule has 0 amide bonds. The molecule has 112 valence electrons. The predicted molar refractivity (Wildman–Crippen MR) is 76.6 cm³/mol. The number of hydrogen-bond acceptors (Lipinski definition) is 6. The van der Waals surface area contributed by atoms with Crippen LogP contribution in [0, 0.1) is 10.1 Å². The first kappa shape index (κ1) is 15.1. The van der Waals surface area contributed by atoms with Gasteiger partial charge in [-0.1, -0.05) is 11.2 Å². The Morgan fingerprint density at radius 3 is 3.00 bits per heavy atom. The zero-order valence-corrected chi connectivity index (χ0v) is 11.4. The van der Waals surface area contributed by atoms with Gasteiger partial charge in [0.2, 0.25) is 0 Å². The van der Waals surface area contributed by atoms with E-state index in [1.807, 2.05) is 0 Å². The molecule has 9 nitrogen and oxygen atoms in total. The van der Waals surface area contributed by atoms with Crippen LogP contribution < -0.4 is 0 Å². The number of rotatable bonds is 5. The van der Waals surface area contributed by atoms with Crippen molar-refractivity contribution in [3.8, 4) is 0 Å². The van der Waals surface area contributed by atoms with Gasteiger partial charge in [-0.2, -0.15) is 0 Å². The van der Waals surface area contributed by atoms with Crippen molar-refractivity contribution in [1.29, 1.82) is 0 Å². The Morgan fingerprint density at radius 2 is 2.36 bits per heavy atom. The van der Waals surface area contributed by atoms with Gasteiger partial charge in [-0.05, 0) is 30.7 Å². The number of carbonyl (C=O) groups is 1. The minimum atomic E-state index is -0.810. The van der Waals surface area contributed by atoms with E-state index < -0.39 is 10.9 Å². The van der Waals surface area contributed by atoms with E-state index in [1.165, 1.54) is 24.3 Å². The first-order chi connectivity index (χ1) is 10.6. The van der Waals surface area contributed by atoms with Gasteiger partial charge in [-0.3, -0.25) is 10.1 Å². The molecule has 0 radical (unpaired) electrons. The lowest BCUT2D eigenvalue weighted by atomic mass is 10.2. The van der Waals surface area contributed by atoms with E-state index >= 15 is 0 Å². The second kappa shape index (κ2) is 6.42. The number of ether oxygens (including phenoxy) is 1. The van der Waals surface area contributed by atoms with Crippen molar-refractivity contribution in [2.75, 3.05) is 6.61 Å². The minimum Gasteiger partial charge on any atom is -0.462 e. The molecule has 0 N–H and O–H groups in total. The molecule has 0 aliphatic carbocycles. The normalized spacial score (nSPS) is 11.0. The maximum atomic E-state index is 11.6. The highest BCUT2D eigenvalue weighted by molar-refractivity contribution is 5.94. The van der Waals surface area contributed by atoms with Crippen molar-refractivity contribution in [3.05, 3.63) is 56.3 Å². The number of benzene rings is 1. The Morgan fingerprint density at radius 1 is 1.59 bits per heavy atom. The second-order valence-corrected chi connectivity index (χ2v) is 4.03. The van der Waals surface area contributed by atoms with Crippen LogP contribution in [-0.2, 0) is 9.53 Å². The van der Waals surface area contributed by atoms with Crippen molar-refractivity contribution in [1.82, 2.24) is 0 Å². The number of carbonyl (C=O) groups excluding carboxylic acids is 1. The standard InChI is InChI=1S/C13H10N4O5/c1-2-21-13(18)10(15-16-14)7-8-6-9-11(17(19)20)4-3-5-12(9)22-8/h3-7H,2H2,1H3. The van der Waals surface area contributed by atoms with Crippen LogP contribution in [-0.4, -0.2) is 17.5 Å². The summed E-state index contributed by atoms with van der Waals surface area (Å²) in [6.07, 6.45) is 1.17. The summed E-state index contributed by atoms with van der Waals surface area (Å²) in [7, 11) is 0. The third kappa shape index (κ3) is 3.05. The lowest BCUT2D eigenvalue weighted by molar-refractivity contribution is -0.383. The second-order valence-electron chi connectivity index (χ2n) is 4.03. The number of nitro benzene ring substituents is 1.